The molecule has 2 heterocycles. The molecule has 1 atom stereocenters. The number of fused-ring (bicyclic) bond motifs is 3. The first-order valence-electron chi connectivity index (χ1n) is 9.19. The smallest absolute Gasteiger partial charge is 0.276 e. The van der Waals surface area contributed by atoms with Gasteiger partial charge < -0.3 is 20.3 Å². The summed E-state index contributed by atoms with van der Waals surface area (Å²) in [5.74, 6) is -6.04. The minimum atomic E-state index is -1.19. The van der Waals surface area contributed by atoms with Gasteiger partial charge in [0.2, 0.25) is 5.43 Å². The van der Waals surface area contributed by atoms with E-state index in [0.29, 0.717) is 24.3 Å². The number of halogens is 3. The highest BCUT2D eigenvalue weighted by Crippen LogP contribution is 2.34. The van der Waals surface area contributed by atoms with E-state index >= 15 is 0 Å². The van der Waals surface area contributed by atoms with Gasteiger partial charge in [0.1, 0.15) is 23.0 Å². The molecule has 156 valence electrons. The van der Waals surface area contributed by atoms with E-state index in [1.165, 1.54) is 4.57 Å². The Bertz CT molecular complexity index is 1150. The van der Waals surface area contributed by atoms with Gasteiger partial charge in [0, 0.05) is 36.1 Å². The van der Waals surface area contributed by atoms with Gasteiger partial charge in [-0.25, -0.2) is 13.2 Å². The third kappa shape index (κ3) is 3.23. The van der Waals surface area contributed by atoms with E-state index in [2.05, 4.69) is 10.6 Å². The molecule has 1 aromatic heterocycles. The van der Waals surface area contributed by atoms with Crippen molar-refractivity contribution in [2.24, 2.45) is 0 Å². The van der Waals surface area contributed by atoms with Gasteiger partial charge in [0.15, 0.2) is 11.4 Å². The fourth-order valence-electron chi connectivity index (χ4n) is 3.73. The number of amides is 2. The second kappa shape index (κ2) is 7.36. The number of aromatic nitrogens is 1. The van der Waals surface area contributed by atoms with Gasteiger partial charge in [-0.1, -0.05) is 6.08 Å². The van der Waals surface area contributed by atoms with E-state index < -0.39 is 58.1 Å². The number of aromatic hydroxyl groups is 1. The molecule has 0 unspecified atom stereocenters. The highest BCUT2D eigenvalue weighted by atomic mass is 19.1. The molecular formula is C20H16F3N3O4. The Morgan fingerprint density at radius 3 is 2.63 bits per heavy atom. The van der Waals surface area contributed by atoms with Crippen LogP contribution in [0.5, 0.6) is 5.75 Å². The van der Waals surface area contributed by atoms with Crippen molar-refractivity contribution < 1.29 is 27.9 Å². The molecule has 0 spiro atoms. The molecule has 0 fully saturated rings. The SMILES string of the molecule is O=C(NCc1c(F)cc(F)cc1F)c1cn2c(c(O)c1=O)C(=O)NC1=CCCC[C@@H]12. The Morgan fingerprint density at radius 1 is 1.23 bits per heavy atom. The van der Waals surface area contributed by atoms with Gasteiger partial charge in [0.25, 0.3) is 11.8 Å². The Balaban J connectivity index is 1.69. The van der Waals surface area contributed by atoms with Crippen molar-refractivity contribution >= 4 is 11.8 Å². The van der Waals surface area contributed by atoms with Crippen LogP contribution in [0.25, 0.3) is 0 Å². The van der Waals surface area contributed by atoms with Gasteiger partial charge in [0.05, 0.1) is 6.04 Å². The van der Waals surface area contributed by atoms with Crippen LogP contribution in [0.2, 0.25) is 0 Å². The van der Waals surface area contributed by atoms with Crippen LogP contribution in [-0.2, 0) is 6.54 Å². The molecular weight excluding hydrogens is 403 g/mol. The number of benzene rings is 1. The number of hydrogen-bond donors (Lipinski definition) is 3. The zero-order valence-corrected chi connectivity index (χ0v) is 15.5. The molecule has 1 aliphatic carbocycles. The molecule has 2 aliphatic rings. The van der Waals surface area contributed by atoms with Crippen LogP contribution in [0.15, 0.2) is 34.9 Å². The lowest BCUT2D eigenvalue weighted by molar-refractivity contribution is 0.0915. The molecule has 7 nitrogen and oxygen atoms in total. The summed E-state index contributed by atoms with van der Waals surface area (Å²) in [7, 11) is 0. The molecule has 30 heavy (non-hydrogen) atoms. The predicted molar refractivity (Wildman–Crippen MR) is 98.3 cm³/mol. The number of nitrogens with one attached hydrogen (secondary N) is 2. The predicted octanol–water partition coefficient (Wildman–Crippen LogP) is 2.25. The van der Waals surface area contributed by atoms with Crippen LogP contribution in [0.4, 0.5) is 13.2 Å². The highest BCUT2D eigenvalue weighted by Gasteiger charge is 2.34. The molecule has 2 aromatic rings. The summed E-state index contributed by atoms with van der Waals surface area (Å²) in [5.41, 5.74) is -1.79. The van der Waals surface area contributed by atoms with Crippen molar-refractivity contribution in [3.8, 4) is 5.75 Å². The number of nitrogens with zero attached hydrogens (tertiary/aromatic N) is 1. The summed E-state index contributed by atoms with van der Waals surface area (Å²) in [6.07, 6.45) is 5.18. The van der Waals surface area contributed by atoms with Crippen LogP contribution < -0.4 is 16.1 Å². The van der Waals surface area contributed by atoms with Crippen molar-refractivity contribution in [2.45, 2.75) is 31.8 Å². The maximum atomic E-state index is 13.8. The van der Waals surface area contributed by atoms with Gasteiger partial charge in [-0.05, 0) is 19.3 Å². The summed E-state index contributed by atoms with van der Waals surface area (Å²) in [6, 6.07) is 0.580. The van der Waals surface area contributed by atoms with E-state index in [1.54, 1.807) is 0 Å². The lowest BCUT2D eigenvalue weighted by Crippen LogP contribution is -2.41. The zero-order valence-electron chi connectivity index (χ0n) is 15.5. The number of pyridine rings is 1. The topological polar surface area (TPSA) is 100 Å². The van der Waals surface area contributed by atoms with Crippen molar-refractivity contribution in [1.82, 2.24) is 15.2 Å². The third-order valence-electron chi connectivity index (χ3n) is 5.20. The monoisotopic (exact) mass is 419 g/mol. The lowest BCUT2D eigenvalue weighted by Gasteiger charge is -2.33. The number of carbonyl (C=O) groups excluding carboxylic acids is 2. The third-order valence-corrected chi connectivity index (χ3v) is 5.20. The Kier molecular flexibility index (Phi) is 4.84. The van der Waals surface area contributed by atoms with Crippen LogP contribution in [0, 0.1) is 17.5 Å². The largest absolute Gasteiger partial charge is 0.503 e. The minimum Gasteiger partial charge on any atom is -0.503 e. The highest BCUT2D eigenvalue weighted by molar-refractivity contribution is 6.00. The molecule has 0 saturated carbocycles. The average Bonchev–Trinajstić information content (AvgIpc) is 2.69. The van der Waals surface area contributed by atoms with Crippen LogP contribution in [-0.4, -0.2) is 21.5 Å². The quantitative estimate of drug-likeness (QED) is 0.711. The molecule has 2 amide bonds. The fraction of sp³-hybridized carbons (Fsp3) is 0.250. The number of allylic oxidation sites excluding steroid dienone is 2. The fourth-order valence-corrected chi connectivity index (χ4v) is 3.73. The molecule has 1 aliphatic heterocycles. The number of carbonyl (C=O) groups is 2. The summed E-state index contributed by atoms with van der Waals surface area (Å²) in [6.45, 7) is -0.645. The number of hydrogen-bond acceptors (Lipinski definition) is 4. The maximum absolute atomic E-state index is 13.8. The second-order valence-electron chi connectivity index (χ2n) is 7.07. The lowest BCUT2D eigenvalue weighted by atomic mass is 9.95. The Hall–Kier alpha value is -3.56. The molecule has 0 saturated heterocycles. The standard InChI is InChI=1S/C20H16F3N3O4/c21-9-5-12(22)10(13(23)6-9)7-24-19(29)11-8-26-15-4-2-1-3-14(15)25-20(30)16(26)18(28)17(11)27/h3,5-6,8,15,28H,1-2,4,7H2,(H,24,29)(H,25,30)/t15-/m0/s1. The summed E-state index contributed by atoms with van der Waals surface area (Å²) in [5, 5.41) is 15.1. The van der Waals surface area contributed by atoms with Crippen LogP contribution in [0.1, 0.15) is 51.7 Å². The zero-order chi connectivity index (χ0) is 21.6. The molecule has 4 rings (SSSR count). The number of rotatable bonds is 3. The van der Waals surface area contributed by atoms with E-state index in [1.807, 2.05) is 6.08 Å². The maximum Gasteiger partial charge on any atom is 0.276 e. The normalized spacial score (nSPS) is 17.5. The molecule has 0 radical (unpaired) electrons. The van der Waals surface area contributed by atoms with Gasteiger partial charge in [-0.2, -0.15) is 0 Å². The summed E-state index contributed by atoms with van der Waals surface area (Å²) in [4.78, 5) is 37.3. The molecule has 0 bridgehead atoms. The van der Waals surface area contributed by atoms with E-state index in [4.69, 9.17) is 0 Å². The molecule has 1 aromatic carbocycles. The van der Waals surface area contributed by atoms with Crippen molar-refractivity contribution in [2.75, 3.05) is 0 Å². The van der Waals surface area contributed by atoms with Crippen LogP contribution in [0.3, 0.4) is 0 Å². The second-order valence-corrected chi connectivity index (χ2v) is 7.07. The van der Waals surface area contributed by atoms with Crippen molar-refractivity contribution in [3.05, 3.63) is 74.6 Å². The Labute approximate surface area is 167 Å². The van der Waals surface area contributed by atoms with E-state index in [9.17, 15) is 32.7 Å². The van der Waals surface area contributed by atoms with Crippen LogP contribution >= 0.6 is 0 Å². The first-order chi connectivity index (χ1) is 14.3. The summed E-state index contributed by atoms with van der Waals surface area (Å²) < 4.78 is 41.9. The molecule has 3 N–H and O–H groups in total. The average molecular weight is 419 g/mol. The minimum absolute atomic E-state index is 0.253. The van der Waals surface area contributed by atoms with Gasteiger partial charge >= 0.3 is 0 Å². The van der Waals surface area contributed by atoms with Crippen molar-refractivity contribution in [3.63, 3.8) is 0 Å². The van der Waals surface area contributed by atoms with E-state index in [-0.39, 0.29) is 11.7 Å². The summed E-state index contributed by atoms with van der Waals surface area (Å²) >= 11 is 0. The molecule has 10 heteroatoms. The Morgan fingerprint density at radius 2 is 1.93 bits per heavy atom. The first-order valence-corrected chi connectivity index (χ1v) is 9.19. The van der Waals surface area contributed by atoms with Crippen molar-refractivity contribution in [1.29, 1.82) is 0 Å². The van der Waals surface area contributed by atoms with Gasteiger partial charge in [-0.3, -0.25) is 14.4 Å². The van der Waals surface area contributed by atoms with Gasteiger partial charge in [-0.15, -0.1) is 0 Å². The first kappa shape index (κ1) is 19.7. The van der Waals surface area contributed by atoms with E-state index in [0.717, 1.165) is 19.0 Å².